The largest absolute Gasteiger partial charge is 0.462 e. The molecule has 356 valence electrons. The van der Waals surface area contributed by atoms with Crippen molar-refractivity contribution in [2.24, 2.45) is 0 Å². The van der Waals surface area contributed by atoms with Gasteiger partial charge in [0.05, 0.1) is 0 Å². The predicted octanol–water partition coefficient (Wildman–Crippen LogP) is 16.8. The molecule has 0 unspecified atom stereocenters. The summed E-state index contributed by atoms with van der Waals surface area (Å²) in [5.74, 6) is -1.02. The van der Waals surface area contributed by atoms with Gasteiger partial charge in [0, 0.05) is 19.3 Å². The zero-order valence-corrected chi connectivity index (χ0v) is 40.5. The Morgan fingerprint density at radius 2 is 0.619 bits per heavy atom. The molecule has 0 saturated carbocycles. The molecule has 0 aromatic carbocycles. The van der Waals surface area contributed by atoms with Gasteiger partial charge in [-0.15, -0.1) is 0 Å². The van der Waals surface area contributed by atoms with Crippen LogP contribution >= 0.6 is 0 Å². The van der Waals surface area contributed by atoms with Crippen LogP contribution in [0, 0.1) is 0 Å². The summed E-state index contributed by atoms with van der Waals surface area (Å²) in [5.41, 5.74) is 0. The van der Waals surface area contributed by atoms with Crippen LogP contribution < -0.4 is 0 Å². The highest BCUT2D eigenvalue weighted by molar-refractivity contribution is 5.71. The maximum atomic E-state index is 12.8. The fourth-order valence-electron chi connectivity index (χ4n) is 6.41. The molecule has 0 bridgehead atoms. The van der Waals surface area contributed by atoms with Gasteiger partial charge in [-0.3, -0.25) is 14.4 Å². The van der Waals surface area contributed by atoms with Gasteiger partial charge < -0.3 is 14.2 Å². The van der Waals surface area contributed by atoms with Crippen molar-refractivity contribution < 1.29 is 28.6 Å². The lowest BCUT2D eigenvalue weighted by molar-refractivity contribution is -0.167. The first-order valence-electron chi connectivity index (χ1n) is 25.4. The Kier molecular flexibility index (Phi) is 47.5. The topological polar surface area (TPSA) is 78.9 Å². The zero-order valence-electron chi connectivity index (χ0n) is 40.5. The molecule has 0 rings (SSSR count). The quantitative estimate of drug-likeness (QED) is 0.0263. The number of esters is 3. The molecule has 0 aromatic heterocycles. The first-order chi connectivity index (χ1) is 31.0. The monoisotopic (exact) mass is 873 g/mol. The van der Waals surface area contributed by atoms with Gasteiger partial charge in [-0.2, -0.15) is 0 Å². The van der Waals surface area contributed by atoms with E-state index in [1.807, 2.05) is 0 Å². The summed E-state index contributed by atoms with van der Waals surface area (Å²) >= 11 is 0. The number of allylic oxidation sites excluding steroid dienone is 18. The molecule has 0 radical (unpaired) electrons. The average Bonchev–Trinajstić information content (AvgIpc) is 3.28. The van der Waals surface area contributed by atoms with Crippen molar-refractivity contribution in [3.05, 3.63) is 109 Å². The highest BCUT2D eigenvalue weighted by Gasteiger charge is 2.19. The van der Waals surface area contributed by atoms with E-state index in [0.29, 0.717) is 12.8 Å². The second kappa shape index (κ2) is 50.7. The molecule has 0 aliphatic carbocycles. The smallest absolute Gasteiger partial charge is 0.306 e. The van der Waals surface area contributed by atoms with Crippen molar-refractivity contribution in [1.29, 1.82) is 0 Å². The Hall–Kier alpha value is -3.93. The summed E-state index contributed by atoms with van der Waals surface area (Å²) < 4.78 is 16.7. The van der Waals surface area contributed by atoms with Gasteiger partial charge in [0.25, 0.3) is 0 Å². The third-order valence-electron chi connectivity index (χ3n) is 10.2. The molecule has 0 spiro atoms. The Morgan fingerprint density at radius 3 is 1.00 bits per heavy atom. The predicted molar refractivity (Wildman–Crippen MR) is 270 cm³/mol. The fourth-order valence-corrected chi connectivity index (χ4v) is 6.41. The molecule has 0 heterocycles. The minimum absolute atomic E-state index is 0.119. The Bertz CT molecular complexity index is 1260. The average molecular weight is 873 g/mol. The molecule has 0 aliphatic heterocycles. The van der Waals surface area contributed by atoms with Crippen molar-refractivity contribution in [2.45, 2.75) is 219 Å². The van der Waals surface area contributed by atoms with E-state index in [2.05, 4.69) is 130 Å². The van der Waals surface area contributed by atoms with E-state index < -0.39 is 6.10 Å². The molecule has 0 amide bonds. The van der Waals surface area contributed by atoms with Gasteiger partial charge in [0.15, 0.2) is 6.10 Å². The molecule has 0 atom stereocenters. The van der Waals surface area contributed by atoms with E-state index in [1.54, 1.807) is 0 Å². The molecule has 0 aromatic rings. The zero-order chi connectivity index (χ0) is 45.8. The van der Waals surface area contributed by atoms with Gasteiger partial charge in [-0.25, -0.2) is 0 Å². The highest BCUT2D eigenvalue weighted by atomic mass is 16.6. The third-order valence-corrected chi connectivity index (χ3v) is 10.2. The SMILES string of the molecule is CC/C=C\C/C=C\C/C=C\CCCCCCCC(=O)OC(COC(=O)CCCC/C=C\C/C=C\C/C=C\CCCCC)COC(=O)CCCC/C=C\C/C=C\C/C=C\CCCCC. The van der Waals surface area contributed by atoms with E-state index in [-0.39, 0.29) is 37.5 Å². The van der Waals surface area contributed by atoms with Crippen LogP contribution in [-0.4, -0.2) is 37.2 Å². The van der Waals surface area contributed by atoms with Crippen molar-refractivity contribution in [1.82, 2.24) is 0 Å². The van der Waals surface area contributed by atoms with Crippen LogP contribution in [0.15, 0.2) is 109 Å². The number of carbonyl (C=O) groups excluding carboxylic acids is 3. The lowest BCUT2D eigenvalue weighted by Crippen LogP contribution is -2.30. The number of hydrogen-bond acceptors (Lipinski definition) is 6. The molecule has 6 nitrogen and oxygen atoms in total. The van der Waals surface area contributed by atoms with Crippen molar-refractivity contribution in [3.8, 4) is 0 Å². The fraction of sp³-hybridized carbons (Fsp3) is 0.632. The maximum absolute atomic E-state index is 12.8. The molecular formula is C57H92O6. The summed E-state index contributed by atoms with van der Waals surface area (Å²) in [5, 5.41) is 0. The van der Waals surface area contributed by atoms with Crippen LogP contribution in [0.25, 0.3) is 0 Å². The minimum Gasteiger partial charge on any atom is -0.462 e. The van der Waals surface area contributed by atoms with Crippen LogP contribution in [0.1, 0.15) is 213 Å². The standard InChI is InChI=1S/C57H92O6/c1-4-7-10-13-16-19-22-25-28-31-34-37-40-43-46-49-55(58)61-52-54(63-57(60)51-48-45-42-39-36-33-30-27-24-21-18-15-12-9-6-3)53-62-56(59)50-47-44-41-38-35-32-29-26-23-20-17-14-11-8-5-2/h9,12,16-21,25-30,34-35,37-38,54H,4-8,10-11,13-15,22-24,31-33,36,39-53H2,1-3H3/b12-9-,19-16-,20-17-,21-18-,28-25-,29-26-,30-27-,37-34-,38-35-. The first kappa shape index (κ1) is 59.1. The van der Waals surface area contributed by atoms with Gasteiger partial charge in [-0.05, 0) is 128 Å². The molecule has 0 N–H and O–H groups in total. The summed E-state index contributed by atoms with van der Waals surface area (Å²) in [6.45, 7) is 6.37. The lowest BCUT2D eigenvalue weighted by Gasteiger charge is -2.18. The van der Waals surface area contributed by atoms with E-state index in [0.717, 1.165) is 122 Å². The molecule has 0 fully saturated rings. The van der Waals surface area contributed by atoms with E-state index >= 15 is 0 Å². The lowest BCUT2D eigenvalue weighted by atomic mass is 10.1. The molecular weight excluding hydrogens is 781 g/mol. The number of rotatable bonds is 44. The van der Waals surface area contributed by atoms with E-state index in [9.17, 15) is 14.4 Å². The van der Waals surface area contributed by atoms with Crippen molar-refractivity contribution >= 4 is 17.9 Å². The third kappa shape index (κ3) is 49.0. The van der Waals surface area contributed by atoms with E-state index in [1.165, 1.54) is 51.4 Å². The van der Waals surface area contributed by atoms with Crippen LogP contribution in [0.5, 0.6) is 0 Å². The van der Waals surface area contributed by atoms with Gasteiger partial charge in [0.1, 0.15) is 13.2 Å². The van der Waals surface area contributed by atoms with Gasteiger partial charge in [0.2, 0.25) is 0 Å². The van der Waals surface area contributed by atoms with Crippen LogP contribution in [-0.2, 0) is 28.6 Å². The maximum Gasteiger partial charge on any atom is 0.306 e. The van der Waals surface area contributed by atoms with Crippen LogP contribution in [0.3, 0.4) is 0 Å². The summed E-state index contributed by atoms with van der Waals surface area (Å²) in [6, 6.07) is 0. The highest BCUT2D eigenvalue weighted by Crippen LogP contribution is 2.12. The Morgan fingerprint density at radius 1 is 0.333 bits per heavy atom. The van der Waals surface area contributed by atoms with Gasteiger partial charge >= 0.3 is 17.9 Å². The Balaban J connectivity index is 4.56. The Labute approximate surface area is 387 Å². The molecule has 63 heavy (non-hydrogen) atoms. The summed E-state index contributed by atoms with van der Waals surface area (Å²) in [4.78, 5) is 37.9. The normalized spacial score (nSPS) is 12.6. The summed E-state index contributed by atoms with van der Waals surface area (Å²) in [6.07, 6.45) is 67.8. The van der Waals surface area contributed by atoms with E-state index in [4.69, 9.17) is 14.2 Å². The minimum atomic E-state index is -0.820. The van der Waals surface area contributed by atoms with Crippen LogP contribution in [0.4, 0.5) is 0 Å². The molecule has 6 heteroatoms. The van der Waals surface area contributed by atoms with Crippen LogP contribution in [0.2, 0.25) is 0 Å². The first-order valence-corrected chi connectivity index (χ1v) is 25.4. The number of carbonyl (C=O) groups is 3. The second-order valence-electron chi connectivity index (χ2n) is 16.3. The second-order valence-corrected chi connectivity index (χ2v) is 16.3. The van der Waals surface area contributed by atoms with Gasteiger partial charge in [-0.1, -0.05) is 175 Å². The number of hydrogen-bond donors (Lipinski definition) is 0. The van der Waals surface area contributed by atoms with Crippen molar-refractivity contribution in [3.63, 3.8) is 0 Å². The summed E-state index contributed by atoms with van der Waals surface area (Å²) in [7, 11) is 0. The number of ether oxygens (including phenoxy) is 3. The molecule has 0 aliphatic rings. The number of unbranched alkanes of at least 4 members (excludes halogenated alkanes) is 15. The molecule has 0 saturated heterocycles. The van der Waals surface area contributed by atoms with Crippen molar-refractivity contribution in [2.75, 3.05) is 13.2 Å².